The molecule has 3 aromatic carbocycles. The van der Waals surface area contributed by atoms with Gasteiger partial charge in [-0.25, -0.2) is 8.42 Å². The van der Waals surface area contributed by atoms with Gasteiger partial charge in [0, 0.05) is 29.6 Å². The molecule has 0 atom stereocenters. The predicted molar refractivity (Wildman–Crippen MR) is 134 cm³/mol. The van der Waals surface area contributed by atoms with E-state index in [1.54, 1.807) is 42.5 Å². The highest BCUT2D eigenvalue weighted by molar-refractivity contribution is 7.89. The maximum absolute atomic E-state index is 13.7. The first kappa shape index (κ1) is 23.1. The molecule has 1 aliphatic rings. The fraction of sp³-hybridized carbons (Fsp3) is 0.222. The lowest BCUT2D eigenvalue weighted by molar-refractivity contribution is 0.174. The van der Waals surface area contributed by atoms with Crippen molar-refractivity contribution in [1.82, 2.24) is 9.29 Å². The van der Waals surface area contributed by atoms with E-state index in [2.05, 4.69) is 4.98 Å². The number of ether oxygens (including phenoxy) is 2. The molecular formula is C27H26N2O5S. The van der Waals surface area contributed by atoms with Gasteiger partial charge in [-0.2, -0.15) is 4.31 Å². The third-order valence-electron chi connectivity index (χ3n) is 6.19. The lowest BCUT2D eigenvalue weighted by Gasteiger charge is -2.23. The van der Waals surface area contributed by atoms with Crippen molar-refractivity contribution >= 4 is 20.9 Å². The molecule has 1 aliphatic heterocycles. The zero-order valence-electron chi connectivity index (χ0n) is 19.8. The molecule has 0 amide bonds. The van der Waals surface area contributed by atoms with Crippen LogP contribution >= 0.6 is 0 Å². The number of hydrogen-bond donors (Lipinski definition) is 1. The summed E-state index contributed by atoms with van der Waals surface area (Å²) in [6.07, 6.45) is 0. The van der Waals surface area contributed by atoms with Gasteiger partial charge in [0.15, 0.2) is 11.5 Å². The molecule has 8 heteroatoms. The Hall–Kier alpha value is -3.62. The van der Waals surface area contributed by atoms with Crippen LogP contribution < -0.4 is 15.0 Å². The van der Waals surface area contributed by atoms with Gasteiger partial charge in [-0.05, 0) is 73.9 Å². The van der Waals surface area contributed by atoms with E-state index in [4.69, 9.17) is 9.47 Å². The van der Waals surface area contributed by atoms with Crippen molar-refractivity contribution in [2.45, 2.75) is 38.8 Å². The quantitative estimate of drug-likeness (QED) is 0.428. The van der Waals surface area contributed by atoms with Gasteiger partial charge in [-0.15, -0.1) is 0 Å². The molecule has 7 nitrogen and oxygen atoms in total. The van der Waals surface area contributed by atoms with E-state index in [0.29, 0.717) is 17.1 Å². The van der Waals surface area contributed by atoms with E-state index in [-0.39, 0.29) is 30.3 Å². The molecule has 0 saturated carbocycles. The zero-order chi connectivity index (χ0) is 24.7. The summed E-state index contributed by atoms with van der Waals surface area (Å²) in [5, 5.41) is 0.890. The molecule has 180 valence electrons. The minimum atomic E-state index is -3.91. The number of pyridine rings is 1. The Labute approximate surface area is 204 Å². The van der Waals surface area contributed by atoms with E-state index in [9.17, 15) is 13.2 Å². The van der Waals surface area contributed by atoms with Gasteiger partial charge in [-0.1, -0.05) is 29.8 Å². The number of nitrogens with one attached hydrogen (secondary N) is 1. The van der Waals surface area contributed by atoms with E-state index in [1.807, 2.05) is 39.0 Å². The normalized spacial score (nSPS) is 13.0. The summed E-state index contributed by atoms with van der Waals surface area (Å²) in [5.41, 5.74) is 4.56. The molecule has 0 fully saturated rings. The number of aromatic amines is 1. The van der Waals surface area contributed by atoms with E-state index in [0.717, 1.165) is 33.2 Å². The Balaban J connectivity index is 1.57. The molecule has 5 rings (SSSR count). The van der Waals surface area contributed by atoms with Crippen molar-refractivity contribution in [3.63, 3.8) is 0 Å². The number of benzene rings is 3. The maximum atomic E-state index is 13.7. The summed E-state index contributed by atoms with van der Waals surface area (Å²) in [6.45, 7) is 5.97. The number of hydrogen-bond acceptors (Lipinski definition) is 5. The van der Waals surface area contributed by atoms with Gasteiger partial charge in [-0.3, -0.25) is 4.79 Å². The van der Waals surface area contributed by atoms with Crippen LogP contribution in [-0.2, 0) is 23.1 Å². The highest BCUT2D eigenvalue weighted by atomic mass is 32.2. The van der Waals surface area contributed by atoms with Crippen LogP contribution in [-0.4, -0.2) is 24.5 Å². The highest BCUT2D eigenvalue weighted by Gasteiger charge is 2.27. The van der Waals surface area contributed by atoms with Crippen molar-refractivity contribution in [3.05, 3.63) is 98.8 Å². The van der Waals surface area contributed by atoms with Crippen molar-refractivity contribution in [1.29, 1.82) is 0 Å². The Morgan fingerprint density at radius 2 is 1.60 bits per heavy atom. The summed E-state index contributed by atoms with van der Waals surface area (Å²) in [6, 6.07) is 17.8. The Bertz CT molecular complexity index is 1590. The second-order valence-corrected chi connectivity index (χ2v) is 10.9. The van der Waals surface area contributed by atoms with Gasteiger partial charge in [0.05, 0.1) is 4.90 Å². The van der Waals surface area contributed by atoms with Crippen LogP contribution in [0.4, 0.5) is 0 Å². The minimum Gasteiger partial charge on any atom is -0.454 e. The van der Waals surface area contributed by atoms with Crippen molar-refractivity contribution in [2.75, 3.05) is 6.79 Å². The van der Waals surface area contributed by atoms with Gasteiger partial charge in [0.2, 0.25) is 16.8 Å². The number of rotatable bonds is 6. The topological polar surface area (TPSA) is 88.7 Å². The standard InChI is InChI=1S/C27H26N2O5S/c1-17-4-7-22(8-5-17)35(31,32)29(14-20-6-9-25-26(12-20)34-16-33-25)15-21-13-23-19(3)10-18(2)11-24(23)28-27(21)30/h4-13H,14-16H2,1-3H3,(H,28,30). The third kappa shape index (κ3) is 4.54. The molecular weight excluding hydrogens is 464 g/mol. The SMILES string of the molecule is Cc1ccc(S(=O)(=O)N(Cc2ccc3c(c2)OCO3)Cc2cc3c(C)cc(C)cc3[nH]c2=O)cc1. The van der Waals surface area contributed by atoms with Crippen molar-refractivity contribution in [3.8, 4) is 11.5 Å². The third-order valence-corrected chi connectivity index (χ3v) is 8.00. The molecule has 0 radical (unpaired) electrons. The summed E-state index contributed by atoms with van der Waals surface area (Å²) in [4.78, 5) is 16.1. The monoisotopic (exact) mass is 490 g/mol. The first-order valence-electron chi connectivity index (χ1n) is 11.3. The number of nitrogens with zero attached hydrogens (tertiary/aromatic N) is 1. The fourth-order valence-electron chi connectivity index (χ4n) is 4.35. The van der Waals surface area contributed by atoms with Crippen molar-refractivity contribution < 1.29 is 17.9 Å². The molecule has 1 N–H and O–H groups in total. The summed E-state index contributed by atoms with van der Waals surface area (Å²) in [7, 11) is -3.91. The minimum absolute atomic E-state index is 0.0667. The number of aryl methyl sites for hydroxylation is 3. The zero-order valence-corrected chi connectivity index (χ0v) is 20.6. The number of fused-ring (bicyclic) bond motifs is 2. The lowest BCUT2D eigenvalue weighted by Crippen LogP contribution is -2.32. The van der Waals surface area contributed by atoms with Crippen molar-refractivity contribution in [2.24, 2.45) is 0 Å². The lowest BCUT2D eigenvalue weighted by atomic mass is 10.0. The predicted octanol–water partition coefficient (Wildman–Crippen LogP) is 4.57. The summed E-state index contributed by atoms with van der Waals surface area (Å²) in [5.74, 6) is 1.20. The first-order chi connectivity index (χ1) is 16.7. The molecule has 1 aromatic heterocycles. The van der Waals surface area contributed by atoms with E-state index < -0.39 is 10.0 Å². The summed E-state index contributed by atoms with van der Waals surface area (Å²) >= 11 is 0. The average molecular weight is 491 g/mol. The molecule has 0 bridgehead atoms. The van der Waals surface area contributed by atoms with Crippen LogP contribution in [0.3, 0.4) is 0 Å². The molecule has 4 aromatic rings. The van der Waals surface area contributed by atoms with E-state index >= 15 is 0 Å². The van der Waals surface area contributed by atoms with Gasteiger partial charge in [0.1, 0.15) is 0 Å². The number of sulfonamides is 1. The molecule has 0 aliphatic carbocycles. The van der Waals surface area contributed by atoms with Crippen LogP contribution in [0.5, 0.6) is 11.5 Å². The number of H-pyrrole nitrogens is 1. The molecule has 2 heterocycles. The molecule has 35 heavy (non-hydrogen) atoms. The van der Waals surface area contributed by atoms with Gasteiger partial charge < -0.3 is 14.5 Å². The van der Waals surface area contributed by atoms with Crippen LogP contribution in [0.25, 0.3) is 10.9 Å². The molecule has 0 saturated heterocycles. The maximum Gasteiger partial charge on any atom is 0.252 e. The Kier molecular flexibility index (Phi) is 5.86. The van der Waals surface area contributed by atoms with Crippen LogP contribution in [0.15, 0.2) is 70.4 Å². The second kappa shape index (κ2) is 8.87. The smallest absolute Gasteiger partial charge is 0.252 e. The molecule has 0 unspecified atom stereocenters. The van der Waals surface area contributed by atoms with Crippen LogP contribution in [0.1, 0.15) is 27.8 Å². The van der Waals surface area contributed by atoms with Crippen LogP contribution in [0, 0.1) is 20.8 Å². The first-order valence-corrected chi connectivity index (χ1v) is 12.7. The van der Waals surface area contributed by atoms with E-state index in [1.165, 1.54) is 4.31 Å². The Morgan fingerprint density at radius 3 is 2.37 bits per heavy atom. The largest absolute Gasteiger partial charge is 0.454 e. The van der Waals surface area contributed by atoms with Gasteiger partial charge >= 0.3 is 0 Å². The highest BCUT2D eigenvalue weighted by Crippen LogP contribution is 2.33. The molecule has 0 spiro atoms. The van der Waals surface area contributed by atoms with Crippen LogP contribution in [0.2, 0.25) is 0 Å². The summed E-state index contributed by atoms with van der Waals surface area (Å²) < 4.78 is 39.6. The number of aromatic nitrogens is 1. The average Bonchev–Trinajstić information content (AvgIpc) is 3.27. The second-order valence-electron chi connectivity index (χ2n) is 8.94. The fourth-order valence-corrected chi connectivity index (χ4v) is 5.76. The van der Waals surface area contributed by atoms with Gasteiger partial charge in [0.25, 0.3) is 5.56 Å². The Morgan fingerprint density at radius 1 is 0.857 bits per heavy atom.